The Kier molecular flexibility index (Phi) is 3.66. The second-order valence-electron chi connectivity index (χ2n) is 4.61. The van der Waals surface area contributed by atoms with Gasteiger partial charge in [0.05, 0.1) is 17.8 Å². The Bertz CT molecular complexity index is 755. The molecule has 0 radical (unpaired) electrons. The summed E-state index contributed by atoms with van der Waals surface area (Å²) < 4.78 is 5.25. The molecule has 2 aromatic carbocycles. The lowest BCUT2D eigenvalue weighted by Gasteiger charge is -2.07. The summed E-state index contributed by atoms with van der Waals surface area (Å²) in [4.78, 5) is 3.90. The van der Waals surface area contributed by atoms with Gasteiger partial charge in [0.2, 0.25) is 0 Å². The number of hydrogen-bond donors (Lipinski definition) is 1. The summed E-state index contributed by atoms with van der Waals surface area (Å²) in [6.45, 7) is 0.678. The summed E-state index contributed by atoms with van der Waals surface area (Å²) in [5, 5.41) is 12.2. The molecule has 0 atom stereocenters. The van der Waals surface area contributed by atoms with Crippen molar-refractivity contribution in [3.05, 3.63) is 72.2 Å². The number of nitriles is 1. The van der Waals surface area contributed by atoms with Crippen LogP contribution in [0, 0.1) is 11.3 Å². The van der Waals surface area contributed by atoms with Gasteiger partial charge >= 0.3 is 0 Å². The van der Waals surface area contributed by atoms with E-state index in [2.05, 4.69) is 16.4 Å². The van der Waals surface area contributed by atoms with E-state index in [0.717, 1.165) is 22.6 Å². The number of nitrogens with one attached hydrogen (secondary N) is 1. The molecule has 0 aliphatic rings. The lowest BCUT2D eigenvalue weighted by Crippen LogP contribution is -1.99. The average molecular weight is 275 g/mol. The highest BCUT2D eigenvalue weighted by molar-refractivity contribution is 5.60. The molecule has 1 N–H and O–H groups in total. The molecule has 0 fully saturated rings. The Hall–Kier alpha value is -3.06. The van der Waals surface area contributed by atoms with E-state index in [-0.39, 0.29) is 0 Å². The molecule has 0 amide bonds. The summed E-state index contributed by atoms with van der Waals surface area (Å²) in [7, 11) is 0. The Morgan fingerprint density at radius 3 is 2.71 bits per heavy atom. The molecule has 102 valence electrons. The summed E-state index contributed by atoms with van der Waals surface area (Å²) in [6.07, 6.45) is 3.11. The van der Waals surface area contributed by atoms with Gasteiger partial charge in [0.1, 0.15) is 0 Å². The molecule has 0 aliphatic carbocycles. The summed E-state index contributed by atoms with van der Waals surface area (Å²) in [5.41, 5.74) is 3.76. The smallest absolute Gasteiger partial charge is 0.181 e. The fourth-order valence-electron chi connectivity index (χ4n) is 2.07. The maximum atomic E-state index is 8.88. The number of anilines is 1. The summed E-state index contributed by atoms with van der Waals surface area (Å²) >= 11 is 0. The van der Waals surface area contributed by atoms with Crippen LogP contribution in [0.3, 0.4) is 0 Å². The van der Waals surface area contributed by atoms with Crippen LogP contribution in [0.5, 0.6) is 0 Å². The highest BCUT2D eigenvalue weighted by Crippen LogP contribution is 2.21. The van der Waals surface area contributed by atoms with Crippen LogP contribution in [0.1, 0.15) is 11.1 Å². The maximum absolute atomic E-state index is 8.88. The molecule has 0 spiro atoms. The fourth-order valence-corrected chi connectivity index (χ4v) is 2.07. The van der Waals surface area contributed by atoms with Crippen LogP contribution in [-0.4, -0.2) is 4.98 Å². The lowest BCUT2D eigenvalue weighted by molar-refractivity contribution is 0.572. The molecule has 21 heavy (non-hydrogen) atoms. The zero-order valence-electron chi connectivity index (χ0n) is 11.3. The molecule has 1 heterocycles. The van der Waals surface area contributed by atoms with Crippen molar-refractivity contribution >= 4 is 5.69 Å². The molecular weight excluding hydrogens is 262 g/mol. The summed E-state index contributed by atoms with van der Waals surface area (Å²) in [6, 6.07) is 17.7. The molecule has 0 unspecified atom stereocenters. The van der Waals surface area contributed by atoms with Crippen LogP contribution in [0.2, 0.25) is 0 Å². The normalized spacial score (nSPS) is 10.0. The van der Waals surface area contributed by atoms with Gasteiger partial charge in [0.25, 0.3) is 0 Å². The van der Waals surface area contributed by atoms with E-state index >= 15 is 0 Å². The van der Waals surface area contributed by atoms with Gasteiger partial charge in [-0.15, -0.1) is 0 Å². The average Bonchev–Trinajstić information content (AvgIpc) is 3.08. The van der Waals surface area contributed by atoms with Gasteiger partial charge in [0, 0.05) is 17.8 Å². The van der Waals surface area contributed by atoms with Gasteiger partial charge in [-0.2, -0.15) is 5.26 Å². The van der Waals surface area contributed by atoms with Gasteiger partial charge in [-0.1, -0.05) is 12.1 Å². The second kappa shape index (κ2) is 5.93. The van der Waals surface area contributed by atoms with E-state index in [1.54, 1.807) is 12.3 Å². The monoisotopic (exact) mass is 275 g/mol. The highest BCUT2D eigenvalue weighted by Gasteiger charge is 2.01. The SMILES string of the molecule is N#Cc1cccc(CNc2ccc(-c3cnco3)cc2)c1. The molecule has 0 bridgehead atoms. The Labute approximate surface area is 122 Å². The van der Waals surface area contributed by atoms with E-state index in [1.807, 2.05) is 42.5 Å². The number of rotatable bonds is 4. The number of benzene rings is 2. The van der Waals surface area contributed by atoms with Crippen molar-refractivity contribution in [1.82, 2.24) is 4.98 Å². The van der Waals surface area contributed by atoms with Crippen molar-refractivity contribution < 1.29 is 4.42 Å². The fraction of sp³-hybridized carbons (Fsp3) is 0.0588. The first-order chi connectivity index (χ1) is 10.3. The van der Waals surface area contributed by atoms with Crippen LogP contribution in [0.4, 0.5) is 5.69 Å². The van der Waals surface area contributed by atoms with E-state index in [0.29, 0.717) is 12.1 Å². The third-order valence-corrected chi connectivity index (χ3v) is 3.15. The van der Waals surface area contributed by atoms with E-state index in [4.69, 9.17) is 9.68 Å². The van der Waals surface area contributed by atoms with Crippen molar-refractivity contribution in [2.45, 2.75) is 6.54 Å². The van der Waals surface area contributed by atoms with Gasteiger partial charge in [-0.05, 0) is 42.0 Å². The first kappa shape index (κ1) is 12.9. The predicted molar refractivity (Wildman–Crippen MR) is 80.4 cm³/mol. The quantitative estimate of drug-likeness (QED) is 0.786. The molecule has 0 aliphatic heterocycles. The molecule has 1 aromatic heterocycles. The van der Waals surface area contributed by atoms with E-state index in [9.17, 15) is 0 Å². The number of aromatic nitrogens is 1. The Morgan fingerprint density at radius 1 is 1.14 bits per heavy atom. The minimum absolute atomic E-state index is 0.676. The van der Waals surface area contributed by atoms with Crippen molar-refractivity contribution in [2.75, 3.05) is 5.32 Å². The Morgan fingerprint density at radius 2 is 2.00 bits per heavy atom. The van der Waals surface area contributed by atoms with Crippen LogP contribution in [-0.2, 0) is 6.54 Å². The van der Waals surface area contributed by atoms with Crippen LogP contribution >= 0.6 is 0 Å². The Balaban J connectivity index is 1.67. The van der Waals surface area contributed by atoms with Gasteiger partial charge in [-0.25, -0.2) is 4.98 Å². The van der Waals surface area contributed by atoms with Crippen molar-refractivity contribution in [1.29, 1.82) is 5.26 Å². The lowest BCUT2D eigenvalue weighted by atomic mass is 10.1. The van der Waals surface area contributed by atoms with Gasteiger partial charge in [0.15, 0.2) is 12.2 Å². The molecule has 0 saturated carbocycles. The van der Waals surface area contributed by atoms with Crippen LogP contribution in [0.15, 0.2) is 65.5 Å². The third-order valence-electron chi connectivity index (χ3n) is 3.15. The first-order valence-corrected chi connectivity index (χ1v) is 6.57. The minimum Gasteiger partial charge on any atom is -0.444 e. The van der Waals surface area contributed by atoms with Crippen molar-refractivity contribution in [2.24, 2.45) is 0 Å². The van der Waals surface area contributed by atoms with E-state index < -0.39 is 0 Å². The van der Waals surface area contributed by atoms with Gasteiger partial charge in [-0.3, -0.25) is 0 Å². The molecule has 3 rings (SSSR count). The molecule has 4 nitrogen and oxygen atoms in total. The molecule has 0 saturated heterocycles. The van der Waals surface area contributed by atoms with Crippen molar-refractivity contribution in [3.8, 4) is 17.4 Å². The topological polar surface area (TPSA) is 61.9 Å². The zero-order valence-corrected chi connectivity index (χ0v) is 11.3. The minimum atomic E-state index is 0.676. The van der Waals surface area contributed by atoms with E-state index in [1.165, 1.54) is 6.39 Å². The second-order valence-corrected chi connectivity index (χ2v) is 4.61. The van der Waals surface area contributed by atoms with Crippen molar-refractivity contribution in [3.63, 3.8) is 0 Å². The zero-order chi connectivity index (χ0) is 14.5. The predicted octanol–water partition coefficient (Wildman–Crippen LogP) is 3.83. The molecule has 4 heteroatoms. The first-order valence-electron chi connectivity index (χ1n) is 6.57. The van der Waals surface area contributed by atoms with Crippen LogP contribution < -0.4 is 5.32 Å². The van der Waals surface area contributed by atoms with Crippen LogP contribution in [0.25, 0.3) is 11.3 Å². The number of nitrogens with zero attached hydrogens (tertiary/aromatic N) is 2. The standard InChI is InChI=1S/C17H13N3O/c18-9-13-2-1-3-14(8-13)10-20-16-6-4-15(5-7-16)17-11-19-12-21-17/h1-8,11-12,20H,10H2. The third kappa shape index (κ3) is 3.10. The molecular formula is C17H13N3O. The highest BCUT2D eigenvalue weighted by atomic mass is 16.3. The maximum Gasteiger partial charge on any atom is 0.181 e. The number of hydrogen-bond acceptors (Lipinski definition) is 4. The molecule has 3 aromatic rings. The largest absolute Gasteiger partial charge is 0.444 e. The van der Waals surface area contributed by atoms with Gasteiger partial charge < -0.3 is 9.73 Å². The number of oxazole rings is 1. The summed E-state index contributed by atoms with van der Waals surface area (Å²) in [5.74, 6) is 0.753.